The maximum atomic E-state index is 12.9. The van der Waals surface area contributed by atoms with Crippen LogP contribution < -0.4 is 4.90 Å². The minimum absolute atomic E-state index is 0.0171. The number of hydrogen-bond acceptors (Lipinski definition) is 16. The van der Waals surface area contributed by atoms with E-state index < -0.39 is 76.9 Å². The predicted octanol–water partition coefficient (Wildman–Crippen LogP) is 7.66. The Balaban J connectivity index is 1.66. The highest BCUT2D eigenvalue weighted by atomic mass is 32.2. The molecule has 0 saturated carbocycles. The SMILES string of the molecule is C=C(/C=C/C=C/C=C1/N(CCCCCC(=O)O)c2ccc3c(S(=O)(=O)O)cc(S(=O)(=O)O)cc3c2C1(C)CCOCCOCCOC)C(C)(CCOCCOCCOC)c1c(C)ccc2c(S(=O)(=O)O)cc(S(=O)(=O)O)cc12. The summed E-state index contributed by atoms with van der Waals surface area (Å²) >= 11 is 0. The summed E-state index contributed by atoms with van der Waals surface area (Å²) in [5.41, 5.74) is 0.842. The van der Waals surface area contributed by atoms with Gasteiger partial charge in [0, 0.05) is 73.4 Å². The largest absolute Gasteiger partial charge is 0.481 e. The molecule has 0 aliphatic carbocycles. The molecule has 1 heterocycles. The molecule has 5 rings (SSSR count). The highest BCUT2D eigenvalue weighted by molar-refractivity contribution is 7.87. The summed E-state index contributed by atoms with van der Waals surface area (Å²) in [5, 5.41) is 9.51. The number of aliphatic carboxylic acids is 1. The van der Waals surface area contributed by atoms with Gasteiger partial charge in [-0.25, -0.2) is 0 Å². The van der Waals surface area contributed by atoms with Crippen LogP contribution in [0.1, 0.15) is 69.1 Å². The van der Waals surface area contributed by atoms with E-state index >= 15 is 0 Å². The number of methoxy groups -OCH3 is 2. The summed E-state index contributed by atoms with van der Waals surface area (Å²) in [7, 11) is -17.0. The Morgan fingerprint density at radius 2 is 1.15 bits per heavy atom. The lowest BCUT2D eigenvalue weighted by atomic mass is 9.70. The third-order valence-corrected chi connectivity index (χ3v) is 17.0. The molecule has 0 amide bonds. The minimum Gasteiger partial charge on any atom is -0.481 e. The molecule has 0 bridgehead atoms. The van der Waals surface area contributed by atoms with Crippen LogP contribution in [0.4, 0.5) is 5.69 Å². The second-order valence-corrected chi connectivity index (χ2v) is 24.5. The number of nitrogens with zero attached hydrogens (tertiary/aromatic N) is 1. The van der Waals surface area contributed by atoms with Crippen molar-refractivity contribution >= 4 is 73.7 Å². The summed E-state index contributed by atoms with van der Waals surface area (Å²) in [4.78, 5) is 10.4. The van der Waals surface area contributed by atoms with Crippen LogP contribution in [-0.2, 0) is 84.5 Å². The Hall–Kier alpha value is -4.97. The van der Waals surface area contributed by atoms with Gasteiger partial charge < -0.3 is 38.4 Å². The minimum atomic E-state index is -5.06. The molecule has 0 aromatic heterocycles. The molecule has 5 N–H and O–H groups in total. The molecule has 430 valence electrons. The number of unbranched alkanes of at least 4 members (excludes halogenated alkanes) is 2. The van der Waals surface area contributed by atoms with Crippen LogP contribution in [0.3, 0.4) is 0 Å². The molecule has 1 aliphatic rings. The molecule has 2 unspecified atom stereocenters. The van der Waals surface area contributed by atoms with E-state index in [1.807, 2.05) is 24.8 Å². The van der Waals surface area contributed by atoms with Crippen LogP contribution >= 0.6 is 0 Å². The summed E-state index contributed by atoms with van der Waals surface area (Å²) in [6.45, 7) is 12.7. The highest BCUT2D eigenvalue weighted by Crippen LogP contribution is 2.54. The first-order chi connectivity index (χ1) is 36.6. The normalized spacial score (nSPS) is 16.8. The number of ether oxygens (including phenoxy) is 6. The van der Waals surface area contributed by atoms with Crippen molar-refractivity contribution in [2.45, 2.75) is 89.7 Å². The molecule has 4 aromatic carbocycles. The van der Waals surface area contributed by atoms with Gasteiger partial charge in [0.2, 0.25) is 0 Å². The van der Waals surface area contributed by atoms with E-state index in [0.717, 1.165) is 12.1 Å². The number of rotatable bonds is 33. The van der Waals surface area contributed by atoms with Crippen molar-refractivity contribution in [3.05, 3.63) is 113 Å². The Morgan fingerprint density at radius 3 is 1.69 bits per heavy atom. The Kier molecular flexibility index (Phi) is 22.5. The number of aryl methyl sites for hydroxylation is 1. The van der Waals surface area contributed by atoms with Crippen molar-refractivity contribution < 1.29 is 90.2 Å². The van der Waals surface area contributed by atoms with Gasteiger partial charge in [0.1, 0.15) is 9.79 Å². The van der Waals surface area contributed by atoms with Gasteiger partial charge in [0.15, 0.2) is 0 Å². The van der Waals surface area contributed by atoms with E-state index in [1.165, 1.54) is 12.1 Å². The highest BCUT2D eigenvalue weighted by Gasteiger charge is 2.45. The number of benzene rings is 4. The maximum Gasteiger partial charge on any atom is 0.303 e. The number of carboxylic acid groups (broad SMARTS) is 1. The number of anilines is 1. The molecule has 0 fully saturated rings. The Bertz CT molecular complexity index is 3370. The van der Waals surface area contributed by atoms with E-state index in [0.29, 0.717) is 98.0 Å². The number of carboxylic acids is 1. The number of carbonyl (C=O) groups is 1. The van der Waals surface area contributed by atoms with Crippen molar-refractivity contribution in [1.29, 1.82) is 0 Å². The zero-order chi connectivity index (χ0) is 57.7. The second kappa shape index (κ2) is 27.5. The molecule has 0 radical (unpaired) electrons. The van der Waals surface area contributed by atoms with Crippen LogP contribution in [-0.4, -0.2) is 150 Å². The first kappa shape index (κ1) is 63.9. The molecule has 21 nitrogen and oxygen atoms in total. The smallest absolute Gasteiger partial charge is 0.303 e. The number of hydrogen-bond donors (Lipinski definition) is 5. The number of fused-ring (bicyclic) bond motifs is 4. The van der Waals surface area contributed by atoms with Crippen molar-refractivity contribution in [3.63, 3.8) is 0 Å². The van der Waals surface area contributed by atoms with Crippen LogP contribution in [0.2, 0.25) is 0 Å². The third-order valence-electron chi connectivity index (χ3n) is 13.6. The average molecular weight is 1170 g/mol. The van der Waals surface area contributed by atoms with Gasteiger partial charge in [0.25, 0.3) is 40.5 Å². The van der Waals surface area contributed by atoms with E-state index in [-0.39, 0.29) is 80.4 Å². The number of allylic oxidation sites excluding steroid dienone is 7. The lowest BCUT2D eigenvalue weighted by Gasteiger charge is -2.34. The molecule has 4 aromatic rings. The van der Waals surface area contributed by atoms with Gasteiger partial charge in [0.05, 0.1) is 62.6 Å². The predicted molar refractivity (Wildman–Crippen MR) is 292 cm³/mol. The van der Waals surface area contributed by atoms with Crippen molar-refractivity contribution in [1.82, 2.24) is 0 Å². The zero-order valence-corrected chi connectivity index (χ0v) is 47.4. The van der Waals surface area contributed by atoms with Crippen LogP contribution in [0.15, 0.2) is 116 Å². The fourth-order valence-corrected chi connectivity index (χ4v) is 12.3. The summed E-state index contributed by atoms with van der Waals surface area (Å²) in [6, 6.07) is 9.81. The Labute approximate surface area is 456 Å². The lowest BCUT2D eigenvalue weighted by molar-refractivity contribution is -0.137. The fraction of sp³-hybridized carbons (Fsp3) is 0.453. The molecule has 2 atom stereocenters. The van der Waals surface area contributed by atoms with Gasteiger partial charge >= 0.3 is 5.97 Å². The topological polar surface area (TPSA) is 313 Å². The fourth-order valence-electron chi connectivity index (χ4n) is 9.65. The van der Waals surface area contributed by atoms with Crippen LogP contribution in [0.25, 0.3) is 21.5 Å². The first-order valence-corrected chi connectivity index (χ1v) is 30.5. The van der Waals surface area contributed by atoms with Crippen LogP contribution in [0.5, 0.6) is 0 Å². The molecule has 78 heavy (non-hydrogen) atoms. The van der Waals surface area contributed by atoms with E-state index in [4.69, 9.17) is 28.4 Å². The lowest BCUT2D eigenvalue weighted by Crippen LogP contribution is -2.30. The molecular weight excluding hydrogens is 1100 g/mol. The van der Waals surface area contributed by atoms with Crippen LogP contribution in [0, 0.1) is 6.92 Å². The van der Waals surface area contributed by atoms with Gasteiger partial charge in [-0.3, -0.25) is 23.0 Å². The first-order valence-electron chi connectivity index (χ1n) is 24.7. The monoisotopic (exact) mass is 1170 g/mol. The van der Waals surface area contributed by atoms with Gasteiger partial charge in [-0.15, -0.1) is 0 Å². The van der Waals surface area contributed by atoms with E-state index in [9.17, 15) is 61.8 Å². The average Bonchev–Trinajstić information content (AvgIpc) is 3.84. The second-order valence-electron chi connectivity index (χ2n) is 18.9. The van der Waals surface area contributed by atoms with Gasteiger partial charge in [-0.2, -0.15) is 33.7 Å². The van der Waals surface area contributed by atoms with Crippen molar-refractivity contribution in [3.8, 4) is 0 Å². The van der Waals surface area contributed by atoms with E-state index in [1.54, 1.807) is 57.6 Å². The van der Waals surface area contributed by atoms with Crippen molar-refractivity contribution in [2.24, 2.45) is 0 Å². The van der Waals surface area contributed by atoms with Gasteiger partial charge in [-0.05, 0) is 109 Å². The molecule has 25 heteroatoms. The van der Waals surface area contributed by atoms with E-state index in [2.05, 4.69) is 6.58 Å². The quantitative estimate of drug-likeness (QED) is 0.0174. The summed E-state index contributed by atoms with van der Waals surface area (Å²) < 4.78 is 176. The standard InChI is InChI=1S/C53H69NO20S4/c1-37-16-17-41-43(33-39(75(57,58)59)35-46(41)77(63,64)65)50(37)52(3,20-23-71-29-31-73-27-25-69-5)38(2)13-9-7-10-14-48-53(4,21-24-72-30-32-74-28-26-70-6)51-44-34-40(76(60,61)62)36-47(78(66,67)68)42(44)18-19-45(51)54(48)22-12-8-11-15-49(55)56/h7,9-10,13-14,16-19,33-36H,2,8,11-12,15,20-32H2,1,3-6H3,(H,55,56)(H,57,58,59)(H,60,61,62)(H,63,64,65)(H,66,67,68)/b10-7+,13-9+,48-14+. The third kappa shape index (κ3) is 16.1. The molecule has 1 aliphatic heterocycles. The molecule has 0 spiro atoms. The maximum absolute atomic E-state index is 12.9. The molecular formula is C53H69NO20S4. The Morgan fingerprint density at radius 1 is 0.641 bits per heavy atom. The zero-order valence-electron chi connectivity index (χ0n) is 44.2. The summed E-state index contributed by atoms with van der Waals surface area (Å²) in [6.07, 6.45) is 10.4. The summed E-state index contributed by atoms with van der Waals surface area (Å²) in [5.74, 6) is -0.951. The van der Waals surface area contributed by atoms with Crippen molar-refractivity contribution in [2.75, 3.05) is 91.7 Å². The van der Waals surface area contributed by atoms with Gasteiger partial charge in [-0.1, -0.05) is 62.4 Å². The molecule has 0 saturated heterocycles.